The van der Waals surface area contributed by atoms with E-state index in [0.717, 1.165) is 18.4 Å². The van der Waals surface area contributed by atoms with E-state index in [9.17, 15) is 0 Å². The van der Waals surface area contributed by atoms with Crippen LogP contribution in [0.1, 0.15) is 38.2 Å². The van der Waals surface area contributed by atoms with Crippen LogP contribution >= 0.6 is 0 Å². The molecule has 0 atom stereocenters. The van der Waals surface area contributed by atoms with Crippen LogP contribution in [0.15, 0.2) is 24.3 Å². The first kappa shape index (κ1) is 13.9. The zero-order chi connectivity index (χ0) is 13.9. The van der Waals surface area contributed by atoms with Crippen molar-refractivity contribution in [3.05, 3.63) is 29.8 Å². The van der Waals surface area contributed by atoms with Crippen LogP contribution in [0.4, 0.5) is 5.69 Å². The Morgan fingerprint density at radius 3 is 2.25 bits per heavy atom. The van der Waals surface area contributed by atoms with Crippen molar-refractivity contribution in [2.24, 2.45) is 5.92 Å². The van der Waals surface area contributed by atoms with Crippen molar-refractivity contribution < 1.29 is 0 Å². The molecule has 0 amide bonds. The summed E-state index contributed by atoms with van der Waals surface area (Å²) in [4.78, 5) is 5.18. The van der Waals surface area contributed by atoms with E-state index in [0.29, 0.717) is 0 Å². The lowest BCUT2D eigenvalue weighted by molar-refractivity contribution is 0.203. The first-order chi connectivity index (χ1) is 9.76. The number of anilines is 1. The highest BCUT2D eigenvalue weighted by Gasteiger charge is 2.28. The van der Waals surface area contributed by atoms with Crippen molar-refractivity contribution in [2.75, 3.05) is 31.6 Å². The second-order valence-corrected chi connectivity index (χ2v) is 6.61. The van der Waals surface area contributed by atoms with Crippen LogP contribution in [0.3, 0.4) is 0 Å². The smallest absolute Gasteiger partial charge is 0.0366 e. The molecule has 2 nitrogen and oxygen atoms in total. The fourth-order valence-electron chi connectivity index (χ4n) is 3.33. The number of likely N-dealkylation sites (tertiary alicyclic amines) is 1. The molecule has 1 heterocycles. The van der Waals surface area contributed by atoms with Gasteiger partial charge in [-0.2, -0.15) is 0 Å². The maximum atomic E-state index is 2.68. The van der Waals surface area contributed by atoms with E-state index in [4.69, 9.17) is 0 Å². The largest absolute Gasteiger partial charge is 0.372 e. The molecule has 3 rings (SSSR count). The normalized spacial score (nSPS) is 21.1. The molecule has 20 heavy (non-hydrogen) atoms. The van der Waals surface area contributed by atoms with Crippen LogP contribution in [-0.4, -0.2) is 37.6 Å². The molecule has 110 valence electrons. The van der Waals surface area contributed by atoms with Gasteiger partial charge in [0, 0.05) is 38.4 Å². The molecule has 2 aliphatic rings. The summed E-state index contributed by atoms with van der Waals surface area (Å²) in [6, 6.07) is 9.84. The summed E-state index contributed by atoms with van der Waals surface area (Å²) in [6.45, 7) is 6.16. The molecule has 2 heteroatoms. The van der Waals surface area contributed by atoms with Crippen molar-refractivity contribution in [1.82, 2.24) is 4.90 Å². The first-order valence-corrected chi connectivity index (χ1v) is 8.30. The number of piperidine rings is 1. The zero-order valence-electron chi connectivity index (χ0n) is 13.0. The van der Waals surface area contributed by atoms with Gasteiger partial charge in [0.25, 0.3) is 0 Å². The van der Waals surface area contributed by atoms with Gasteiger partial charge in [-0.1, -0.05) is 19.1 Å². The van der Waals surface area contributed by atoms with Gasteiger partial charge in [-0.05, 0) is 55.7 Å². The molecule has 0 unspecified atom stereocenters. The molecule has 2 fully saturated rings. The highest BCUT2D eigenvalue weighted by atomic mass is 15.2. The summed E-state index contributed by atoms with van der Waals surface area (Å²) in [6.07, 6.45) is 6.72. The van der Waals surface area contributed by atoms with Crippen molar-refractivity contribution in [2.45, 2.75) is 45.1 Å². The lowest BCUT2D eigenvalue weighted by atomic mass is 10.0. The summed E-state index contributed by atoms with van der Waals surface area (Å²) in [5, 5.41) is 0. The summed E-state index contributed by atoms with van der Waals surface area (Å²) in [5.74, 6) is 1.03. The quantitative estimate of drug-likeness (QED) is 0.808. The second-order valence-electron chi connectivity index (χ2n) is 6.61. The molecule has 0 bridgehead atoms. The molecule has 0 spiro atoms. The maximum Gasteiger partial charge on any atom is 0.0366 e. The fourth-order valence-corrected chi connectivity index (χ4v) is 3.33. The van der Waals surface area contributed by atoms with E-state index in [1.807, 2.05) is 0 Å². The number of benzene rings is 1. The summed E-state index contributed by atoms with van der Waals surface area (Å²) >= 11 is 0. The molecule has 0 N–H and O–H groups in total. The molecule has 1 aromatic carbocycles. The minimum absolute atomic E-state index is 0.720. The van der Waals surface area contributed by atoms with Gasteiger partial charge in [-0.25, -0.2) is 0 Å². The number of hydrogen-bond acceptors (Lipinski definition) is 2. The Morgan fingerprint density at radius 1 is 1.05 bits per heavy atom. The summed E-state index contributed by atoms with van der Waals surface area (Å²) < 4.78 is 0. The molecule has 1 saturated carbocycles. The van der Waals surface area contributed by atoms with Crippen molar-refractivity contribution in [3.63, 3.8) is 0 Å². The maximum absolute atomic E-state index is 2.68. The number of aryl methyl sites for hydroxylation is 1. The third-order valence-electron chi connectivity index (χ3n) is 5.07. The van der Waals surface area contributed by atoms with Crippen LogP contribution in [0, 0.1) is 5.92 Å². The van der Waals surface area contributed by atoms with Gasteiger partial charge in [0.15, 0.2) is 0 Å². The molecular weight excluding hydrogens is 244 g/mol. The fraction of sp³-hybridized carbons (Fsp3) is 0.667. The summed E-state index contributed by atoms with van der Waals surface area (Å²) in [7, 11) is 2.27. The SMILES string of the molecule is CCc1ccc(N(C)C2CCN(CC3CC3)CC2)cc1. The van der Waals surface area contributed by atoms with Gasteiger partial charge in [0.1, 0.15) is 0 Å². The van der Waals surface area contributed by atoms with Crippen LogP contribution < -0.4 is 4.90 Å². The lowest BCUT2D eigenvalue weighted by Crippen LogP contribution is -2.44. The average molecular weight is 272 g/mol. The first-order valence-electron chi connectivity index (χ1n) is 8.30. The van der Waals surface area contributed by atoms with E-state index in [1.54, 1.807) is 0 Å². The zero-order valence-corrected chi connectivity index (χ0v) is 13.0. The Bertz CT molecular complexity index is 414. The molecule has 1 aliphatic heterocycles. The standard InChI is InChI=1S/C18H28N2/c1-3-15-6-8-17(9-7-15)19(2)18-10-12-20(13-11-18)14-16-4-5-16/h6-9,16,18H,3-5,10-14H2,1-2H3. The third kappa shape index (κ3) is 3.35. The third-order valence-corrected chi connectivity index (χ3v) is 5.07. The van der Waals surface area contributed by atoms with Crippen LogP contribution in [0.2, 0.25) is 0 Å². The Morgan fingerprint density at radius 2 is 1.70 bits per heavy atom. The highest BCUT2D eigenvalue weighted by Crippen LogP contribution is 2.31. The van der Waals surface area contributed by atoms with E-state index in [-0.39, 0.29) is 0 Å². The number of rotatable bonds is 5. The molecular formula is C18H28N2. The van der Waals surface area contributed by atoms with Gasteiger partial charge in [-0.3, -0.25) is 0 Å². The second kappa shape index (κ2) is 6.17. The predicted molar refractivity (Wildman–Crippen MR) is 86.4 cm³/mol. The monoisotopic (exact) mass is 272 g/mol. The molecule has 1 aromatic rings. The average Bonchev–Trinajstić information content (AvgIpc) is 3.31. The molecule has 1 aliphatic carbocycles. The molecule has 0 radical (unpaired) electrons. The van der Waals surface area contributed by atoms with E-state index in [1.165, 1.54) is 56.6 Å². The van der Waals surface area contributed by atoms with Crippen LogP contribution in [-0.2, 0) is 6.42 Å². The van der Waals surface area contributed by atoms with Crippen molar-refractivity contribution in [1.29, 1.82) is 0 Å². The van der Waals surface area contributed by atoms with Crippen LogP contribution in [0.25, 0.3) is 0 Å². The predicted octanol–water partition coefficient (Wildman–Crippen LogP) is 3.56. The van der Waals surface area contributed by atoms with Gasteiger partial charge in [0.05, 0.1) is 0 Å². The Balaban J connectivity index is 1.53. The highest BCUT2D eigenvalue weighted by molar-refractivity contribution is 5.48. The lowest BCUT2D eigenvalue weighted by Gasteiger charge is -2.38. The van der Waals surface area contributed by atoms with E-state index in [2.05, 4.69) is 48.0 Å². The van der Waals surface area contributed by atoms with E-state index >= 15 is 0 Å². The van der Waals surface area contributed by atoms with Crippen LogP contribution in [0.5, 0.6) is 0 Å². The minimum atomic E-state index is 0.720. The summed E-state index contributed by atoms with van der Waals surface area (Å²) in [5.41, 5.74) is 2.81. The number of nitrogens with zero attached hydrogens (tertiary/aromatic N) is 2. The van der Waals surface area contributed by atoms with Gasteiger partial charge in [-0.15, -0.1) is 0 Å². The minimum Gasteiger partial charge on any atom is -0.372 e. The van der Waals surface area contributed by atoms with Gasteiger partial charge < -0.3 is 9.80 Å². The van der Waals surface area contributed by atoms with Crippen molar-refractivity contribution in [3.8, 4) is 0 Å². The Kier molecular flexibility index (Phi) is 4.30. The van der Waals surface area contributed by atoms with E-state index < -0.39 is 0 Å². The molecule has 1 saturated heterocycles. The van der Waals surface area contributed by atoms with Crippen molar-refractivity contribution >= 4 is 5.69 Å². The topological polar surface area (TPSA) is 6.48 Å². The van der Waals surface area contributed by atoms with Gasteiger partial charge in [0.2, 0.25) is 0 Å². The Labute approximate surface area is 123 Å². The van der Waals surface area contributed by atoms with Gasteiger partial charge >= 0.3 is 0 Å². The number of hydrogen-bond donors (Lipinski definition) is 0. The molecule has 0 aromatic heterocycles. The Hall–Kier alpha value is -1.02.